The van der Waals surface area contributed by atoms with Crippen molar-refractivity contribution in [2.24, 2.45) is 0 Å². The van der Waals surface area contributed by atoms with Gasteiger partial charge in [-0.15, -0.1) is 11.8 Å². The molecule has 0 radical (unpaired) electrons. The molecule has 2 aromatic carbocycles. The molecular formula is C19H23NO3S. The molecule has 0 bridgehead atoms. The number of amides is 1. The van der Waals surface area contributed by atoms with Crippen molar-refractivity contribution in [3.8, 4) is 11.5 Å². The third kappa shape index (κ3) is 6.16. The number of methoxy groups -OCH3 is 1. The molecule has 2 aromatic rings. The Morgan fingerprint density at radius 3 is 2.75 bits per heavy atom. The number of rotatable bonds is 9. The van der Waals surface area contributed by atoms with Crippen molar-refractivity contribution in [3.05, 3.63) is 48.5 Å². The van der Waals surface area contributed by atoms with Crippen LogP contribution in [0.1, 0.15) is 25.7 Å². The van der Waals surface area contributed by atoms with Crippen molar-refractivity contribution in [3.63, 3.8) is 0 Å². The molecule has 1 amide bonds. The van der Waals surface area contributed by atoms with E-state index in [0.29, 0.717) is 12.1 Å². The molecule has 0 atom stereocenters. The highest BCUT2D eigenvalue weighted by Crippen LogP contribution is 2.24. The van der Waals surface area contributed by atoms with Crippen LogP contribution >= 0.6 is 11.8 Å². The van der Waals surface area contributed by atoms with E-state index in [1.54, 1.807) is 43.1 Å². The number of carbonyl (C=O) groups excluding carboxylic acids is 1. The molecular weight excluding hydrogens is 322 g/mol. The van der Waals surface area contributed by atoms with Crippen molar-refractivity contribution >= 4 is 23.4 Å². The number of thioether (sulfide) groups is 1. The number of para-hydroxylation sites is 2. The fourth-order valence-corrected chi connectivity index (χ4v) is 3.20. The highest BCUT2D eigenvalue weighted by molar-refractivity contribution is 7.99. The van der Waals surface area contributed by atoms with E-state index in [-0.39, 0.29) is 11.7 Å². The maximum Gasteiger partial charge on any atom is 0.224 e. The first-order chi connectivity index (χ1) is 11.7. The molecule has 2 N–H and O–H groups in total. The summed E-state index contributed by atoms with van der Waals surface area (Å²) >= 11 is 1.80. The molecule has 0 fully saturated rings. The number of nitrogens with one attached hydrogen (secondary N) is 1. The van der Waals surface area contributed by atoms with E-state index < -0.39 is 0 Å². The second-order valence-corrected chi connectivity index (χ2v) is 6.57. The molecule has 0 aliphatic rings. The molecule has 4 nitrogen and oxygen atoms in total. The number of unbranched alkanes of at least 4 members (excludes halogenated alkanes) is 2. The highest BCUT2D eigenvalue weighted by atomic mass is 32.2. The number of carbonyl (C=O) groups is 1. The van der Waals surface area contributed by atoms with Gasteiger partial charge in [-0.1, -0.05) is 24.6 Å². The zero-order valence-corrected chi connectivity index (χ0v) is 14.6. The average molecular weight is 345 g/mol. The quantitative estimate of drug-likeness (QED) is 0.393. The van der Waals surface area contributed by atoms with E-state index in [0.717, 1.165) is 30.8 Å². The Balaban J connectivity index is 1.59. The van der Waals surface area contributed by atoms with Gasteiger partial charge in [0.25, 0.3) is 0 Å². The summed E-state index contributed by atoms with van der Waals surface area (Å²) in [6, 6.07) is 14.8. The Kier molecular flexibility index (Phi) is 7.49. The van der Waals surface area contributed by atoms with Gasteiger partial charge in [0.1, 0.15) is 11.5 Å². The lowest BCUT2D eigenvalue weighted by atomic mass is 10.2. The van der Waals surface area contributed by atoms with Crippen molar-refractivity contribution in [2.75, 3.05) is 18.2 Å². The molecule has 0 saturated heterocycles. The standard InChI is InChI=1S/C19H23NO3S/c1-23-15-8-7-9-16(14-15)24-13-6-2-3-12-19(22)20-17-10-4-5-11-18(17)21/h4-5,7-11,14,21H,2-3,6,12-13H2,1H3,(H,20,22). The number of ether oxygens (including phenoxy) is 1. The molecule has 0 spiro atoms. The highest BCUT2D eigenvalue weighted by Gasteiger charge is 2.05. The van der Waals surface area contributed by atoms with Crippen LogP contribution in [0.15, 0.2) is 53.4 Å². The van der Waals surface area contributed by atoms with Gasteiger partial charge in [0.15, 0.2) is 0 Å². The van der Waals surface area contributed by atoms with Crippen LogP contribution in [-0.4, -0.2) is 23.9 Å². The van der Waals surface area contributed by atoms with Gasteiger partial charge in [0, 0.05) is 11.3 Å². The Hall–Kier alpha value is -2.14. The van der Waals surface area contributed by atoms with Crippen LogP contribution in [-0.2, 0) is 4.79 Å². The Morgan fingerprint density at radius 2 is 1.96 bits per heavy atom. The van der Waals surface area contributed by atoms with Gasteiger partial charge in [0.2, 0.25) is 5.91 Å². The average Bonchev–Trinajstić information content (AvgIpc) is 2.60. The SMILES string of the molecule is COc1cccc(SCCCCCC(=O)Nc2ccccc2O)c1. The van der Waals surface area contributed by atoms with E-state index in [2.05, 4.69) is 11.4 Å². The fraction of sp³-hybridized carbons (Fsp3) is 0.316. The van der Waals surface area contributed by atoms with Crippen LogP contribution in [0, 0.1) is 0 Å². The van der Waals surface area contributed by atoms with Crippen LogP contribution < -0.4 is 10.1 Å². The van der Waals surface area contributed by atoms with Gasteiger partial charge in [-0.25, -0.2) is 0 Å². The van der Waals surface area contributed by atoms with Gasteiger partial charge in [0.05, 0.1) is 12.8 Å². The first-order valence-corrected chi connectivity index (χ1v) is 9.02. The van der Waals surface area contributed by atoms with Gasteiger partial charge < -0.3 is 15.2 Å². The van der Waals surface area contributed by atoms with Crippen LogP contribution in [0.4, 0.5) is 5.69 Å². The fourth-order valence-electron chi connectivity index (χ4n) is 2.24. The number of benzene rings is 2. The summed E-state index contributed by atoms with van der Waals surface area (Å²) in [5.41, 5.74) is 0.469. The summed E-state index contributed by atoms with van der Waals surface area (Å²) in [6.07, 6.45) is 3.38. The summed E-state index contributed by atoms with van der Waals surface area (Å²) in [7, 11) is 1.67. The summed E-state index contributed by atoms with van der Waals surface area (Å²) in [5, 5.41) is 12.4. The minimum Gasteiger partial charge on any atom is -0.506 e. The molecule has 0 aliphatic heterocycles. The predicted molar refractivity (Wildman–Crippen MR) is 98.9 cm³/mol. The normalized spacial score (nSPS) is 10.4. The lowest BCUT2D eigenvalue weighted by Crippen LogP contribution is -2.11. The lowest BCUT2D eigenvalue weighted by Gasteiger charge is -2.07. The van der Waals surface area contributed by atoms with E-state index in [4.69, 9.17) is 4.74 Å². The first kappa shape index (κ1) is 18.2. The van der Waals surface area contributed by atoms with E-state index >= 15 is 0 Å². The predicted octanol–water partition coefficient (Wildman–Crippen LogP) is 4.69. The maximum absolute atomic E-state index is 11.8. The molecule has 0 aliphatic carbocycles. The van der Waals surface area contributed by atoms with Crippen LogP contribution in [0.5, 0.6) is 11.5 Å². The van der Waals surface area contributed by atoms with E-state index in [9.17, 15) is 9.90 Å². The van der Waals surface area contributed by atoms with Crippen molar-refractivity contribution < 1.29 is 14.6 Å². The smallest absolute Gasteiger partial charge is 0.224 e. The Morgan fingerprint density at radius 1 is 1.12 bits per heavy atom. The zero-order valence-electron chi connectivity index (χ0n) is 13.8. The summed E-state index contributed by atoms with van der Waals surface area (Å²) in [6.45, 7) is 0. The lowest BCUT2D eigenvalue weighted by molar-refractivity contribution is -0.116. The van der Waals surface area contributed by atoms with Crippen LogP contribution in [0.3, 0.4) is 0 Å². The van der Waals surface area contributed by atoms with Crippen LogP contribution in [0.2, 0.25) is 0 Å². The van der Waals surface area contributed by atoms with Gasteiger partial charge >= 0.3 is 0 Å². The largest absolute Gasteiger partial charge is 0.506 e. The third-order valence-corrected chi connectivity index (χ3v) is 4.62. The number of hydrogen-bond acceptors (Lipinski definition) is 4. The van der Waals surface area contributed by atoms with Gasteiger partial charge in [-0.2, -0.15) is 0 Å². The van der Waals surface area contributed by atoms with Crippen molar-refractivity contribution in [2.45, 2.75) is 30.6 Å². The van der Waals surface area contributed by atoms with E-state index in [1.165, 1.54) is 4.90 Å². The molecule has 0 heterocycles. The van der Waals surface area contributed by atoms with Gasteiger partial charge in [-0.3, -0.25) is 4.79 Å². The summed E-state index contributed by atoms with van der Waals surface area (Å²) < 4.78 is 5.21. The maximum atomic E-state index is 11.8. The molecule has 0 unspecified atom stereocenters. The second-order valence-electron chi connectivity index (χ2n) is 5.40. The topological polar surface area (TPSA) is 58.6 Å². The number of phenols is 1. The third-order valence-electron chi connectivity index (χ3n) is 3.54. The van der Waals surface area contributed by atoms with Crippen molar-refractivity contribution in [1.82, 2.24) is 0 Å². The molecule has 0 aromatic heterocycles. The zero-order chi connectivity index (χ0) is 17.2. The molecule has 5 heteroatoms. The number of hydrogen-bond donors (Lipinski definition) is 2. The van der Waals surface area contributed by atoms with Gasteiger partial charge in [-0.05, 0) is 48.9 Å². The summed E-state index contributed by atoms with van der Waals surface area (Å²) in [4.78, 5) is 13.0. The Labute approximate surface area is 147 Å². The molecule has 128 valence electrons. The molecule has 24 heavy (non-hydrogen) atoms. The second kappa shape index (κ2) is 9.88. The minimum atomic E-state index is -0.0584. The number of anilines is 1. The van der Waals surface area contributed by atoms with Crippen molar-refractivity contribution in [1.29, 1.82) is 0 Å². The Bertz CT molecular complexity index is 661. The minimum absolute atomic E-state index is 0.0584. The first-order valence-electron chi connectivity index (χ1n) is 8.04. The molecule has 2 rings (SSSR count). The summed E-state index contributed by atoms with van der Waals surface area (Å²) in [5.74, 6) is 1.94. The monoisotopic (exact) mass is 345 g/mol. The van der Waals surface area contributed by atoms with E-state index in [1.807, 2.05) is 18.2 Å². The number of aromatic hydroxyl groups is 1. The van der Waals surface area contributed by atoms with Crippen LogP contribution in [0.25, 0.3) is 0 Å². The number of phenolic OH excluding ortho intramolecular Hbond substituents is 1. The molecule has 0 saturated carbocycles.